The van der Waals surface area contributed by atoms with E-state index in [9.17, 15) is 19.7 Å². The summed E-state index contributed by atoms with van der Waals surface area (Å²) in [5.41, 5.74) is 2.78. The van der Waals surface area contributed by atoms with E-state index in [1.807, 2.05) is 0 Å². The van der Waals surface area contributed by atoms with Crippen LogP contribution in [0.3, 0.4) is 0 Å². The topological polar surface area (TPSA) is 111 Å². The Morgan fingerprint density at radius 2 is 2.00 bits per heavy atom. The third-order valence-corrected chi connectivity index (χ3v) is 5.35. The molecule has 1 saturated heterocycles. The highest BCUT2D eigenvalue weighted by Gasteiger charge is 2.34. The van der Waals surface area contributed by atoms with Crippen LogP contribution in [0.25, 0.3) is 6.08 Å². The van der Waals surface area contributed by atoms with Crippen LogP contribution in [0.15, 0.2) is 47.4 Å². The standard InChI is InChI=1S/C19H15N3O6S2/c1-27-14-6-7-15(28-2)12(9-14)10-16-18(24)21(19(29)30-16)20-17(23)11-4-3-5-13(8-11)22(25)26/h3-10H,1-2H3,(H,20,23). The second kappa shape index (κ2) is 8.93. The zero-order valence-corrected chi connectivity index (χ0v) is 17.4. The third-order valence-electron chi connectivity index (χ3n) is 4.05. The molecule has 0 unspecified atom stereocenters. The molecule has 2 aromatic carbocycles. The van der Waals surface area contributed by atoms with Gasteiger partial charge in [-0.3, -0.25) is 25.1 Å². The number of nitro groups is 1. The number of nitrogens with one attached hydrogen (secondary N) is 1. The molecule has 0 atom stereocenters. The first kappa shape index (κ1) is 21.3. The van der Waals surface area contributed by atoms with Crippen molar-refractivity contribution in [2.45, 2.75) is 0 Å². The normalized spacial score (nSPS) is 14.7. The van der Waals surface area contributed by atoms with E-state index in [-0.39, 0.29) is 20.5 Å². The van der Waals surface area contributed by atoms with E-state index < -0.39 is 16.7 Å². The summed E-state index contributed by atoms with van der Waals surface area (Å²) < 4.78 is 10.6. The van der Waals surface area contributed by atoms with Gasteiger partial charge in [-0.15, -0.1) is 0 Å². The Morgan fingerprint density at radius 1 is 1.23 bits per heavy atom. The molecular weight excluding hydrogens is 430 g/mol. The molecule has 1 fully saturated rings. The van der Waals surface area contributed by atoms with Crippen LogP contribution >= 0.6 is 24.0 Å². The Hall–Kier alpha value is -3.44. The fraction of sp³-hybridized carbons (Fsp3) is 0.105. The van der Waals surface area contributed by atoms with E-state index in [1.165, 1.54) is 32.4 Å². The van der Waals surface area contributed by atoms with E-state index in [0.717, 1.165) is 22.8 Å². The number of rotatable bonds is 6. The van der Waals surface area contributed by atoms with Gasteiger partial charge in [0.05, 0.1) is 24.0 Å². The Balaban J connectivity index is 1.83. The molecule has 3 rings (SSSR count). The van der Waals surface area contributed by atoms with Crippen molar-refractivity contribution in [2.24, 2.45) is 0 Å². The van der Waals surface area contributed by atoms with E-state index in [1.54, 1.807) is 24.3 Å². The molecule has 1 heterocycles. The average molecular weight is 445 g/mol. The second-order valence-corrected chi connectivity index (χ2v) is 7.55. The summed E-state index contributed by atoms with van der Waals surface area (Å²) in [5, 5.41) is 11.8. The van der Waals surface area contributed by atoms with Gasteiger partial charge in [0, 0.05) is 23.3 Å². The van der Waals surface area contributed by atoms with Crippen LogP contribution in [-0.4, -0.2) is 40.3 Å². The largest absolute Gasteiger partial charge is 0.497 e. The number of thioether (sulfide) groups is 1. The van der Waals surface area contributed by atoms with E-state index >= 15 is 0 Å². The Labute approximate surface area is 180 Å². The predicted molar refractivity (Wildman–Crippen MR) is 115 cm³/mol. The van der Waals surface area contributed by atoms with Crippen LogP contribution in [-0.2, 0) is 4.79 Å². The molecule has 0 spiro atoms. The summed E-state index contributed by atoms with van der Waals surface area (Å²) in [6, 6.07) is 10.3. The lowest BCUT2D eigenvalue weighted by Crippen LogP contribution is -2.44. The minimum atomic E-state index is -0.699. The van der Waals surface area contributed by atoms with Gasteiger partial charge in [-0.2, -0.15) is 5.01 Å². The highest BCUT2D eigenvalue weighted by atomic mass is 32.2. The lowest BCUT2D eigenvalue weighted by atomic mass is 10.1. The van der Waals surface area contributed by atoms with E-state index in [2.05, 4.69) is 5.43 Å². The summed E-state index contributed by atoms with van der Waals surface area (Å²) in [6.07, 6.45) is 1.58. The first-order chi connectivity index (χ1) is 14.3. The lowest BCUT2D eigenvalue weighted by Gasteiger charge is -2.15. The van der Waals surface area contributed by atoms with Crippen molar-refractivity contribution in [3.8, 4) is 11.5 Å². The maximum Gasteiger partial charge on any atom is 0.285 e. The minimum absolute atomic E-state index is 0.0247. The van der Waals surface area contributed by atoms with Crippen molar-refractivity contribution in [1.29, 1.82) is 0 Å². The van der Waals surface area contributed by atoms with Crippen LogP contribution in [0, 0.1) is 10.1 Å². The number of hydrogen-bond acceptors (Lipinski definition) is 8. The molecule has 0 saturated carbocycles. The van der Waals surface area contributed by atoms with E-state index in [0.29, 0.717) is 17.1 Å². The number of thiocarbonyl (C=S) groups is 1. The second-order valence-electron chi connectivity index (χ2n) is 5.87. The Kier molecular flexibility index (Phi) is 6.33. The smallest absolute Gasteiger partial charge is 0.285 e. The van der Waals surface area contributed by atoms with Gasteiger partial charge in [0.2, 0.25) is 0 Å². The summed E-state index contributed by atoms with van der Waals surface area (Å²) in [5.74, 6) is -0.123. The van der Waals surface area contributed by atoms with Crippen molar-refractivity contribution in [1.82, 2.24) is 10.4 Å². The van der Waals surface area contributed by atoms with Gasteiger partial charge < -0.3 is 9.47 Å². The highest BCUT2D eigenvalue weighted by molar-refractivity contribution is 8.26. The molecule has 0 bridgehead atoms. The number of methoxy groups -OCH3 is 2. The molecule has 0 aromatic heterocycles. The number of ether oxygens (including phenoxy) is 2. The lowest BCUT2D eigenvalue weighted by molar-refractivity contribution is -0.384. The van der Waals surface area contributed by atoms with Crippen LogP contribution in [0.4, 0.5) is 5.69 Å². The quantitative estimate of drug-likeness (QED) is 0.312. The van der Waals surface area contributed by atoms with Gasteiger partial charge in [-0.05, 0) is 42.6 Å². The number of carbonyl (C=O) groups excluding carboxylic acids is 2. The average Bonchev–Trinajstić information content (AvgIpc) is 3.01. The molecule has 30 heavy (non-hydrogen) atoms. The van der Waals surface area contributed by atoms with Gasteiger partial charge in [-0.1, -0.05) is 17.8 Å². The predicted octanol–water partition coefficient (Wildman–Crippen LogP) is 3.16. The zero-order chi connectivity index (χ0) is 21.8. The summed E-state index contributed by atoms with van der Waals surface area (Å²) in [7, 11) is 3.03. The Morgan fingerprint density at radius 3 is 2.67 bits per heavy atom. The molecule has 1 aliphatic rings. The number of non-ortho nitro benzene ring substituents is 1. The molecule has 0 aliphatic carbocycles. The number of carbonyl (C=O) groups is 2. The number of nitrogens with zero attached hydrogens (tertiary/aromatic N) is 2. The first-order valence-electron chi connectivity index (χ1n) is 8.39. The van der Waals surface area contributed by atoms with Crippen LogP contribution in [0.5, 0.6) is 11.5 Å². The van der Waals surface area contributed by atoms with Crippen LogP contribution in [0.2, 0.25) is 0 Å². The number of hydrogen-bond donors (Lipinski definition) is 1. The van der Waals surface area contributed by atoms with E-state index in [4.69, 9.17) is 21.7 Å². The molecule has 1 aliphatic heterocycles. The van der Waals surface area contributed by atoms with Crippen molar-refractivity contribution in [3.05, 3.63) is 68.6 Å². The molecule has 2 aromatic rings. The van der Waals surface area contributed by atoms with Gasteiger partial charge in [0.25, 0.3) is 17.5 Å². The molecule has 0 radical (unpaired) electrons. The summed E-state index contributed by atoms with van der Waals surface area (Å²) in [6.45, 7) is 0. The van der Waals surface area contributed by atoms with Crippen molar-refractivity contribution >= 4 is 51.9 Å². The Bertz CT molecular complexity index is 1090. The SMILES string of the molecule is COc1ccc(OC)c(C=C2SC(=S)N(NC(=O)c3cccc([N+](=O)[O-])c3)C2=O)c1. The molecule has 11 heteroatoms. The van der Waals surface area contributed by atoms with Gasteiger partial charge >= 0.3 is 0 Å². The summed E-state index contributed by atoms with van der Waals surface area (Å²) in [4.78, 5) is 35.8. The number of hydrazine groups is 1. The molecule has 154 valence electrons. The highest BCUT2D eigenvalue weighted by Crippen LogP contribution is 2.34. The van der Waals surface area contributed by atoms with Gasteiger partial charge in [0.1, 0.15) is 11.5 Å². The first-order valence-corrected chi connectivity index (χ1v) is 9.62. The van der Waals surface area contributed by atoms with Gasteiger partial charge in [0.15, 0.2) is 4.32 Å². The molecular formula is C19H15N3O6S2. The fourth-order valence-corrected chi connectivity index (χ4v) is 3.75. The van der Waals surface area contributed by atoms with Crippen molar-refractivity contribution in [2.75, 3.05) is 14.2 Å². The molecule has 2 amide bonds. The third kappa shape index (κ3) is 4.42. The maximum atomic E-state index is 12.8. The summed E-state index contributed by atoms with van der Waals surface area (Å²) >= 11 is 6.21. The zero-order valence-electron chi connectivity index (χ0n) is 15.8. The van der Waals surface area contributed by atoms with Crippen LogP contribution in [0.1, 0.15) is 15.9 Å². The van der Waals surface area contributed by atoms with Gasteiger partial charge in [-0.25, -0.2) is 0 Å². The molecule has 9 nitrogen and oxygen atoms in total. The fourth-order valence-electron chi connectivity index (χ4n) is 2.58. The number of nitro benzene ring substituents is 1. The minimum Gasteiger partial charge on any atom is -0.497 e. The van der Waals surface area contributed by atoms with Crippen molar-refractivity contribution in [3.63, 3.8) is 0 Å². The van der Waals surface area contributed by atoms with Crippen molar-refractivity contribution < 1.29 is 24.0 Å². The monoisotopic (exact) mass is 445 g/mol. The number of benzene rings is 2. The van der Waals surface area contributed by atoms with Crippen LogP contribution < -0.4 is 14.9 Å². The maximum absolute atomic E-state index is 12.8. The number of amides is 2. The molecule has 1 N–H and O–H groups in total.